The summed E-state index contributed by atoms with van der Waals surface area (Å²) in [6, 6.07) is 0. The van der Waals surface area contributed by atoms with E-state index >= 15 is 0 Å². The number of alkyl halides is 1. The molecule has 7 nitrogen and oxygen atoms in total. The molecule has 0 saturated carbocycles. The van der Waals surface area contributed by atoms with Gasteiger partial charge in [-0.15, -0.1) is 0 Å². The first-order valence-electron chi connectivity index (χ1n) is 6.05. The largest absolute Gasteiger partial charge is 0.459 e. The monoisotopic (exact) mass is 352 g/mol. The Balaban J connectivity index is 2.98. The van der Waals surface area contributed by atoms with E-state index in [1.807, 2.05) is 0 Å². The molecular weight excluding hydrogens is 336 g/mol. The van der Waals surface area contributed by atoms with E-state index in [0.29, 0.717) is 0 Å². The van der Waals surface area contributed by atoms with Crippen LogP contribution in [0.25, 0.3) is 0 Å². The van der Waals surface area contributed by atoms with Crippen LogP contribution in [0.3, 0.4) is 0 Å². The average Bonchev–Trinajstić information content (AvgIpc) is 2.36. The first-order chi connectivity index (χ1) is 9.27. The molecule has 0 amide bonds. The molecule has 1 saturated heterocycles. The summed E-state index contributed by atoms with van der Waals surface area (Å²) in [5.74, 6) is -2.17. The average molecular weight is 353 g/mol. The van der Waals surface area contributed by atoms with E-state index < -0.39 is 53.6 Å². The summed E-state index contributed by atoms with van der Waals surface area (Å²) in [4.78, 5) is 33.9. The summed E-state index contributed by atoms with van der Waals surface area (Å²) in [6.45, 7) is 3.40. The number of hydrogen-bond acceptors (Lipinski definition) is 7. The van der Waals surface area contributed by atoms with E-state index in [9.17, 15) is 14.4 Å². The van der Waals surface area contributed by atoms with Crippen molar-refractivity contribution >= 4 is 33.7 Å². The van der Waals surface area contributed by atoms with E-state index in [-0.39, 0.29) is 0 Å². The lowest BCUT2D eigenvalue weighted by atomic mass is 9.89. The first-order valence-corrected chi connectivity index (χ1v) is 6.97. The van der Waals surface area contributed by atoms with Crippen molar-refractivity contribution in [1.29, 1.82) is 0 Å². The molecular formula is C12H17BrO7. The maximum Gasteiger partial charge on any atom is 0.303 e. The molecule has 1 N–H and O–H groups in total. The van der Waals surface area contributed by atoms with E-state index in [1.54, 1.807) is 6.92 Å². The van der Waals surface area contributed by atoms with Crippen LogP contribution in [-0.2, 0) is 28.6 Å². The zero-order valence-corrected chi connectivity index (χ0v) is 13.0. The molecule has 0 radical (unpaired) electrons. The Labute approximate surface area is 124 Å². The van der Waals surface area contributed by atoms with Gasteiger partial charge in [-0.05, 0) is 0 Å². The van der Waals surface area contributed by atoms with E-state index in [4.69, 9.17) is 19.3 Å². The third-order valence-electron chi connectivity index (χ3n) is 2.95. The Bertz CT molecular complexity index is 397. The van der Waals surface area contributed by atoms with Crippen molar-refractivity contribution in [3.8, 4) is 0 Å². The van der Waals surface area contributed by atoms with Crippen molar-refractivity contribution in [2.45, 2.75) is 44.1 Å². The van der Waals surface area contributed by atoms with Crippen LogP contribution < -0.4 is 0 Å². The maximum atomic E-state index is 11.7. The topological polar surface area (TPSA) is 99.1 Å². The van der Waals surface area contributed by atoms with Crippen LogP contribution in [0.2, 0.25) is 0 Å². The predicted octanol–water partition coefficient (Wildman–Crippen LogP) is 0.167. The lowest BCUT2D eigenvalue weighted by molar-refractivity contribution is -0.203. The predicted molar refractivity (Wildman–Crippen MR) is 70.0 cm³/mol. The van der Waals surface area contributed by atoms with Crippen molar-refractivity contribution in [1.82, 2.24) is 0 Å². The quantitative estimate of drug-likeness (QED) is 0.568. The second-order valence-electron chi connectivity index (χ2n) is 4.54. The van der Waals surface area contributed by atoms with E-state index in [2.05, 4.69) is 15.9 Å². The van der Waals surface area contributed by atoms with Crippen molar-refractivity contribution in [2.75, 3.05) is 6.61 Å². The number of ether oxygens (including phenoxy) is 3. The molecule has 0 spiro atoms. The number of carbonyl (C=O) groups excluding carboxylic acids is 3. The summed E-state index contributed by atoms with van der Waals surface area (Å²) < 4.78 is 15.6. The third kappa shape index (κ3) is 4.00. The van der Waals surface area contributed by atoms with Crippen molar-refractivity contribution < 1.29 is 33.7 Å². The van der Waals surface area contributed by atoms with Crippen LogP contribution in [-0.4, -0.2) is 52.8 Å². The molecule has 5 atom stereocenters. The standard InChI is InChI=1S/C12H17BrO7/c1-5-9(18-6(2)15)11(8(17)4-14)20-12(13)10(5)19-7(3)16/h5,9-12,14H,4H2,1-3H3/t5-,9-,10+,11+,12-/m0/s1. The van der Waals surface area contributed by atoms with Gasteiger partial charge in [-0.3, -0.25) is 14.4 Å². The molecule has 0 aromatic rings. The molecule has 0 bridgehead atoms. The Morgan fingerprint density at radius 2 is 1.65 bits per heavy atom. The van der Waals surface area contributed by atoms with Gasteiger partial charge in [-0.25, -0.2) is 0 Å². The molecule has 1 fully saturated rings. The smallest absolute Gasteiger partial charge is 0.303 e. The van der Waals surface area contributed by atoms with Gasteiger partial charge in [0.15, 0.2) is 16.9 Å². The highest BCUT2D eigenvalue weighted by atomic mass is 79.9. The minimum absolute atomic E-state index is 0.471. The van der Waals surface area contributed by atoms with Gasteiger partial charge >= 0.3 is 11.9 Å². The highest BCUT2D eigenvalue weighted by Crippen LogP contribution is 2.33. The second-order valence-corrected chi connectivity index (χ2v) is 5.44. The third-order valence-corrected chi connectivity index (χ3v) is 3.68. The molecule has 1 heterocycles. The number of ketones is 1. The Kier molecular flexibility index (Phi) is 6.09. The van der Waals surface area contributed by atoms with Crippen LogP contribution >= 0.6 is 15.9 Å². The summed E-state index contributed by atoms with van der Waals surface area (Å²) in [7, 11) is 0. The molecule has 1 aliphatic rings. The second kappa shape index (κ2) is 7.14. The molecule has 1 aliphatic heterocycles. The number of esters is 2. The number of halogens is 1. The lowest BCUT2D eigenvalue weighted by Crippen LogP contribution is -2.57. The number of aliphatic hydroxyl groups excluding tert-OH is 1. The fourth-order valence-electron chi connectivity index (χ4n) is 2.06. The fourth-order valence-corrected chi connectivity index (χ4v) is 2.88. The van der Waals surface area contributed by atoms with Gasteiger partial charge in [-0.1, -0.05) is 22.9 Å². The number of rotatable bonds is 4. The molecule has 0 unspecified atom stereocenters. The van der Waals surface area contributed by atoms with Gasteiger partial charge in [0.1, 0.15) is 18.8 Å². The number of Topliss-reactive ketones (excluding diaryl/α,β-unsaturated/α-hetero) is 1. The van der Waals surface area contributed by atoms with Gasteiger partial charge in [0.05, 0.1) is 0 Å². The molecule has 0 aromatic carbocycles. The van der Waals surface area contributed by atoms with E-state index in [0.717, 1.165) is 0 Å². The zero-order chi connectivity index (χ0) is 15.4. The lowest BCUT2D eigenvalue weighted by Gasteiger charge is -2.41. The molecule has 0 aromatic heterocycles. The van der Waals surface area contributed by atoms with Gasteiger partial charge < -0.3 is 19.3 Å². The zero-order valence-electron chi connectivity index (χ0n) is 11.4. The molecule has 8 heteroatoms. The van der Waals surface area contributed by atoms with Gasteiger partial charge in [-0.2, -0.15) is 0 Å². The van der Waals surface area contributed by atoms with Crippen LogP contribution in [0.1, 0.15) is 20.8 Å². The van der Waals surface area contributed by atoms with Gasteiger partial charge in [0.25, 0.3) is 0 Å². The van der Waals surface area contributed by atoms with Crippen molar-refractivity contribution in [3.05, 3.63) is 0 Å². The van der Waals surface area contributed by atoms with Crippen molar-refractivity contribution in [3.63, 3.8) is 0 Å². The summed E-state index contributed by atoms with van der Waals surface area (Å²) in [5.41, 5.74) is 0. The van der Waals surface area contributed by atoms with Crippen LogP contribution in [0.15, 0.2) is 0 Å². The minimum Gasteiger partial charge on any atom is -0.459 e. The van der Waals surface area contributed by atoms with Gasteiger partial charge in [0.2, 0.25) is 0 Å². The Morgan fingerprint density at radius 3 is 2.10 bits per heavy atom. The first kappa shape index (κ1) is 17.1. The Hall–Kier alpha value is -0.990. The number of aliphatic hydroxyl groups is 1. The highest BCUT2D eigenvalue weighted by Gasteiger charge is 2.48. The van der Waals surface area contributed by atoms with Crippen LogP contribution in [0.5, 0.6) is 0 Å². The Morgan fingerprint density at radius 1 is 1.15 bits per heavy atom. The number of carbonyl (C=O) groups is 3. The fraction of sp³-hybridized carbons (Fsp3) is 0.750. The normalized spacial score (nSPS) is 33.4. The maximum absolute atomic E-state index is 11.7. The molecule has 114 valence electrons. The highest BCUT2D eigenvalue weighted by molar-refractivity contribution is 9.09. The van der Waals surface area contributed by atoms with Crippen LogP contribution in [0.4, 0.5) is 0 Å². The molecule has 1 rings (SSSR count). The number of hydrogen-bond donors (Lipinski definition) is 1. The van der Waals surface area contributed by atoms with Crippen molar-refractivity contribution in [2.24, 2.45) is 5.92 Å². The van der Waals surface area contributed by atoms with Gasteiger partial charge in [0, 0.05) is 19.8 Å². The summed E-state index contributed by atoms with van der Waals surface area (Å²) >= 11 is 3.18. The summed E-state index contributed by atoms with van der Waals surface area (Å²) in [6.07, 6.45) is -2.74. The molecule has 20 heavy (non-hydrogen) atoms. The molecule has 0 aliphatic carbocycles. The SMILES string of the molecule is CC(=O)O[C@@H]1[C@@H](C)[C@H](OC(C)=O)[C@@H](C(=O)CO)O[C@@H]1Br. The summed E-state index contributed by atoms with van der Waals surface area (Å²) in [5, 5.41) is 8.22. The van der Waals surface area contributed by atoms with Crippen LogP contribution in [0, 0.1) is 5.92 Å². The van der Waals surface area contributed by atoms with E-state index in [1.165, 1.54) is 13.8 Å². The minimum atomic E-state index is -1.10.